The second-order valence-electron chi connectivity index (χ2n) is 5.66. The van der Waals surface area contributed by atoms with Crippen LogP contribution in [0.3, 0.4) is 0 Å². The van der Waals surface area contributed by atoms with Gasteiger partial charge in [0.1, 0.15) is 0 Å². The third-order valence-electron chi connectivity index (χ3n) is 3.98. The molecule has 1 nitrogen and oxygen atoms in total. The minimum atomic E-state index is 1.20. The van der Waals surface area contributed by atoms with Crippen LogP contribution in [0.15, 0.2) is 0 Å². The molecule has 0 spiro atoms. The van der Waals surface area contributed by atoms with Gasteiger partial charge in [0, 0.05) is 12.3 Å². The lowest BCUT2D eigenvalue weighted by atomic mass is 10.1. The molecular formula is C18H39NS2. The van der Waals surface area contributed by atoms with Crippen molar-refractivity contribution in [2.24, 2.45) is 0 Å². The van der Waals surface area contributed by atoms with E-state index in [1.54, 1.807) is 0 Å². The minimum absolute atomic E-state index is 1.20. The first-order valence-corrected chi connectivity index (χ1v) is 11.5. The molecule has 0 aliphatic rings. The fraction of sp³-hybridized carbons (Fsp3) is 1.00. The smallest absolute Gasteiger partial charge is 0.00721 e. The Morgan fingerprint density at radius 3 is 1.52 bits per heavy atom. The topological polar surface area (TPSA) is 3.24 Å². The van der Waals surface area contributed by atoms with Crippen LogP contribution >= 0.6 is 23.5 Å². The predicted octanol–water partition coefficient (Wildman–Crippen LogP) is 5.94. The van der Waals surface area contributed by atoms with E-state index in [1.807, 2.05) is 0 Å². The molecule has 0 rings (SSSR count). The number of nitrogens with zero attached hydrogens (tertiary/aromatic N) is 1. The Labute approximate surface area is 143 Å². The second kappa shape index (κ2) is 18.7. The van der Waals surface area contributed by atoms with Gasteiger partial charge in [-0.3, -0.25) is 0 Å². The van der Waals surface area contributed by atoms with Crippen LogP contribution in [0.5, 0.6) is 0 Å². The van der Waals surface area contributed by atoms with Gasteiger partial charge < -0.3 is 4.90 Å². The highest BCUT2D eigenvalue weighted by Gasteiger charge is 1.98. The molecule has 0 bridgehead atoms. The maximum absolute atomic E-state index is 2.52. The lowest BCUT2D eigenvalue weighted by molar-refractivity contribution is 0.324. The molecule has 0 heterocycles. The average Bonchev–Trinajstić information content (AvgIpc) is 2.51. The molecule has 0 amide bonds. The lowest BCUT2D eigenvalue weighted by Crippen LogP contribution is -2.25. The summed E-state index contributed by atoms with van der Waals surface area (Å²) in [6.45, 7) is 10.5. The summed E-state index contributed by atoms with van der Waals surface area (Å²) in [6, 6.07) is 0. The zero-order valence-electron chi connectivity index (χ0n) is 14.9. The monoisotopic (exact) mass is 333 g/mol. The molecule has 0 atom stereocenters. The maximum Gasteiger partial charge on any atom is 0.00721 e. The third kappa shape index (κ3) is 16.9. The van der Waals surface area contributed by atoms with Crippen LogP contribution in [0, 0.1) is 0 Å². The van der Waals surface area contributed by atoms with Gasteiger partial charge in [0.25, 0.3) is 0 Å². The molecule has 0 unspecified atom stereocenters. The number of hydrogen-bond donors (Lipinski definition) is 0. The molecule has 0 saturated heterocycles. The van der Waals surface area contributed by atoms with Gasteiger partial charge in [-0.25, -0.2) is 0 Å². The quantitative estimate of drug-likeness (QED) is 0.303. The van der Waals surface area contributed by atoms with Crippen molar-refractivity contribution in [3.8, 4) is 0 Å². The Bertz CT molecular complexity index is 184. The molecule has 21 heavy (non-hydrogen) atoms. The molecule has 3 heteroatoms. The van der Waals surface area contributed by atoms with Gasteiger partial charge in [-0.2, -0.15) is 23.5 Å². The lowest BCUT2D eigenvalue weighted by Gasteiger charge is -2.17. The Morgan fingerprint density at radius 1 is 0.571 bits per heavy atom. The highest BCUT2D eigenvalue weighted by atomic mass is 32.2. The van der Waals surface area contributed by atoms with Crippen molar-refractivity contribution in [3.63, 3.8) is 0 Å². The van der Waals surface area contributed by atoms with E-state index < -0.39 is 0 Å². The fourth-order valence-electron chi connectivity index (χ4n) is 2.45. The summed E-state index contributed by atoms with van der Waals surface area (Å²) < 4.78 is 0. The van der Waals surface area contributed by atoms with Crippen LogP contribution < -0.4 is 0 Å². The highest BCUT2D eigenvalue weighted by Crippen LogP contribution is 2.12. The molecule has 0 aromatic rings. The van der Waals surface area contributed by atoms with Crippen LogP contribution in [-0.2, 0) is 0 Å². The zero-order valence-corrected chi connectivity index (χ0v) is 16.5. The van der Waals surface area contributed by atoms with Crippen molar-refractivity contribution in [3.05, 3.63) is 0 Å². The summed E-state index contributed by atoms with van der Waals surface area (Å²) >= 11 is 4.24. The Balaban J connectivity index is 3.02. The van der Waals surface area contributed by atoms with Gasteiger partial charge in [0.05, 0.1) is 0 Å². The van der Waals surface area contributed by atoms with Crippen molar-refractivity contribution in [2.45, 2.75) is 72.1 Å². The van der Waals surface area contributed by atoms with Crippen molar-refractivity contribution < 1.29 is 0 Å². The summed E-state index contributed by atoms with van der Waals surface area (Å²) in [7, 11) is 0. The summed E-state index contributed by atoms with van der Waals surface area (Å²) in [5.74, 6) is 5.35. The Hall–Kier alpha value is 0.660. The van der Waals surface area contributed by atoms with Gasteiger partial charge in [0.15, 0.2) is 0 Å². The van der Waals surface area contributed by atoms with E-state index in [4.69, 9.17) is 0 Å². The molecule has 0 radical (unpaired) electrons. The van der Waals surface area contributed by atoms with Crippen molar-refractivity contribution in [1.82, 2.24) is 4.90 Å². The van der Waals surface area contributed by atoms with Crippen molar-refractivity contribution in [2.75, 3.05) is 42.6 Å². The summed E-state index contributed by atoms with van der Waals surface area (Å²) in [4.78, 5) is 2.52. The molecule has 0 aliphatic carbocycles. The van der Waals surface area contributed by atoms with Crippen LogP contribution in [0.2, 0.25) is 0 Å². The van der Waals surface area contributed by atoms with E-state index in [2.05, 4.69) is 49.2 Å². The third-order valence-corrected chi connectivity index (χ3v) is 6.01. The predicted molar refractivity (Wildman–Crippen MR) is 105 cm³/mol. The Kier molecular flexibility index (Phi) is 19.3. The second-order valence-corrected chi connectivity index (χ2v) is 8.28. The van der Waals surface area contributed by atoms with E-state index in [-0.39, 0.29) is 0 Å². The van der Waals surface area contributed by atoms with Gasteiger partial charge >= 0.3 is 0 Å². The van der Waals surface area contributed by atoms with E-state index >= 15 is 0 Å². The molecule has 0 aliphatic heterocycles. The maximum atomic E-state index is 2.52. The van der Waals surface area contributed by atoms with Crippen molar-refractivity contribution >= 4 is 23.5 Å². The first-order chi connectivity index (χ1) is 10.3. The number of unbranched alkanes of at least 4 members (excludes halogenated alkanes) is 7. The van der Waals surface area contributed by atoms with E-state index in [0.717, 1.165) is 0 Å². The first kappa shape index (κ1) is 21.7. The van der Waals surface area contributed by atoms with Crippen LogP contribution in [0.25, 0.3) is 0 Å². The van der Waals surface area contributed by atoms with Gasteiger partial charge in [-0.1, -0.05) is 59.3 Å². The molecule has 0 fully saturated rings. The highest BCUT2D eigenvalue weighted by molar-refractivity contribution is 7.99. The SMILES string of the molecule is CCSCCCCCCCCCCSCCN(CC)CC. The zero-order chi connectivity index (χ0) is 15.6. The molecule has 128 valence electrons. The van der Waals surface area contributed by atoms with Crippen LogP contribution in [0.1, 0.15) is 72.1 Å². The van der Waals surface area contributed by atoms with Crippen LogP contribution in [-0.4, -0.2) is 47.5 Å². The van der Waals surface area contributed by atoms with Gasteiger partial charge in [0.2, 0.25) is 0 Å². The summed E-state index contributed by atoms with van der Waals surface area (Å²) in [6.07, 6.45) is 11.6. The minimum Gasteiger partial charge on any atom is -0.303 e. The molecule has 0 N–H and O–H groups in total. The van der Waals surface area contributed by atoms with E-state index in [0.29, 0.717) is 0 Å². The first-order valence-electron chi connectivity index (χ1n) is 9.22. The van der Waals surface area contributed by atoms with Crippen LogP contribution in [0.4, 0.5) is 0 Å². The molecule has 0 aromatic heterocycles. The summed E-state index contributed by atoms with van der Waals surface area (Å²) in [5, 5.41) is 0. The standard InChI is InChI=1S/C18H39NS2/c1-4-19(5-2)15-18-21-17-14-12-10-8-7-9-11-13-16-20-6-3/h4-18H2,1-3H3. The number of thioether (sulfide) groups is 2. The summed E-state index contributed by atoms with van der Waals surface area (Å²) in [5.41, 5.74) is 0. The Morgan fingerprint density at radius 2 is 1.05 bits per heavy atom. The number of hydrogen-bond acceptors (Lipinski definition) is 3. The largest absolute Gasteiger partial charge is 0.303 e. The molecule has 0 aromatic carbocycles. The van der Waals surface area contributed by atoms with Gasteiger partial charge in [-0.15, -0.1) is 0 Å². The number of rotatable bonds is 17. The van der Waals surface area contributed by atoms with Crippen molar-refractivity contribution in [1.29, 1.82) is 0 Å². The van der Waals surface area contributed by atoms with E-state index in [1.165, 1.54) is 94.0 Å². The van der Waals surface area contributed by atoms with Gasteiger partial charge in [-0.05, 0) is 43.2 Å². The fourth-order valence-corrected chi connectivity index (χ4v) is 4.15. The normalized spacial score (nSPS) is 11.4. The molecular weight excluding hydrogens is 294 g/mol. The molecule has 0 saturated carbocycles. The van der Waals surface area contributed by atoms with E-state index in [9.17, 15) is 0 Å². The average molecular weight is 334 g/mol.